The van der Waals surface area contributed by atoms with Crippen molar-refractivity contribution < 1.29 is 37.5 Å². The van der Waals surface area contributed by atoms with E-state index in [1.54, 1.807) is 0 Å². The molecule has 19 heavy (non-hydrogen) atoms. The van der Waals surface area contributed by atoms with Crippen LogP contribution in [0.2, 0.25) is 0 Å². The summed E-state index contributed by atoms with van der Waals surface area (Å²) in [5, 5.41) is 2.79. The van der Waals surface area contributed by atoms with E-state index in [1.807, 2.05) is 13.5 Å². The normalized spacial score (nSPS) is 9.74. The van der Waals surface area contributed by atoms with Gasteiger partial charge in [-0.15, -0.1) is 0 Å². The Bertz CT molecular complexity index is 327. The van der Waals surface area contributed by atoms with Crippen LogP contribution in [-0.4, -0.2) is 5.91 Å². The number of hydrogen-bond acceptors (Lipinski definition) is 1. The van der Waals surface area contributed by atoms with E-state index >= 15 is 0 Å². The zero-order valence-electron chi connectivity index (χ0n) is 11.9. The number of nitrogens with one attached hydrogen (secondary N) is 1. The van der Waals surface area contributed by atoms with Crippen LogP contribution in [0, 0.1) is 6.54 Å². The Morgan fingerprint density at radius 1 is 1.11 bits per heavy atom. The van der Waals surface area contributed by atoms with Crippen molar-refractivity contribution in [2.75, 3.05) is 0 Å². The predicted molar refractivity (Wildman–Crippen MR) is 76.0 cm³/mol. The molecule has 1 aromatic rings. The Balaban J connectivity index is 0.00000324. The number of rotatable bonds is 9. The van der Waals surface area contributed by atoms with Crippen molar-refractivity contribution in [3.05, 3.63) is 42.4 Å². The van der Waals surface area contributed by atoms with Crippen LogP contribution in [-0.2, 0) is 43.9 Å². The maximum Gasteiger partial charge on any atom is 0.191 e. The van der Waals surface area contributed by atoms with Crippen molar-refractivity contribution in [3.8, 4) is 0 Å². The summed E-state index contributed by atoms with van der Waals surface area (Å²) in [6.07, 6.45) is 7.26. The molecule has 0 heterocycles. The van der Waals surface area contributed by atoms with Crippen LogP contribution < -0.4 is 5.32 Å². The number of benzene rings is 1. The first kappa shape index (κ1) is 18.8. The molecule has 0 saturated carbocycles. The molecule has 0 aliphatic rings. The Morgan fingerprint density at radius 3 is 2.47 bits per heavy atom. The van der Waals surface area contributed by atoms with Crippen LogP contribution in [0.25, 0.3) is 0 Å². The Morgan fingerprint density at radius 2 is 1.79 bits per heavy atom. The smallest absolute Gasteiger partial charge is 0.191 e. The number of unbranched alkanes of at least 4 members (excludes halogenated alkanes) is 3. The van der Waals surface area contributed by atoms with E-state index in [4.69, 9.17) is 0 Å². The first-order valence-corrected chi connectivity index (χ1v) is 6.98. The molecule has 1 aromatic carbocycles. The fourth-order valence-electron chi connectivity index (χ4n) is 1.90. The number of amides is 1. The van der Waals surface area contributed by atoms with Crippen molar-refractivity contribution in [2.24, 2.45) is 0 Å². The average Bonchev–Trinajstić information content (AvgIpc) is 2.41. The van der Waals surface area contributed by atoms with Crippen LogP contribution >= 0.6 is 0 Å². The molecular formula is C16H24NOY-. The summed E-state index contributed by atoms with van der Waals surface area (Å²) in [5.41, 5.74) is 1.41. The maximum absolute atomic E-state index is 11.3. The molecule has 0 fully saturated rings. The molecule has 0 spiro atoms. The molecule has 1 amide bonds. The molecule has 1 N–H and O–H groups in total. The maximum atomic E-state index is 11.3. The fourth-order valence-corrected chi connectivity index (χ4v) is 1.90. The van der Waals surface area contributed by atoms with Gasteiger partial charge < -0.3 is 5.32 Å². The zero-order valence-corrected chi connectivity index (χ0v) is 14.7. The Labute approximate surface area is 142 Å². The number of hydrogen-bond donors (Lipinski definition) is 1. The molecular weight excluding hydrogens is 311 g/mol. The third-order valence-corrected chi connectivity index (χ3v) is 2.93. The van der Waals surface area contributed by atoms with Crippen molar-refractivity contribution in [2.45, 2.75) is 51.9 Å². The Hall–Kier alpha value is -0.206. The summed E-state index contributed by atoms with van der Waals surface area (Å²) in [5.74, 6) is 0.153. The van der Waals surface area contributed by atoms with E-state index in [0.717, 1.165) is 25.7 Å². The van der Waals surface area contributed by atoms with Gasteiger partial charge in [-0.25, -0.2) is 6.54 Å². The standard InChI is InChI=1S/C16H24NO.Y/c1-2-14-17-16(18)13-9-4-3-6-10-15-11-7-5-8-12-15;/h5,7-8,11-12,14H,2-4,6,9-10,13H2,1H3,(H,17,18);/q-1;. The van der Waals surface area contributed by atoms with E-state index in [-0.39, 0.29) is 38.6 Å². The fraction of sp³-hybridized carbons (Fsp3) is 0.500. The molecule has 103 valence electrons. The van der Waals surface area contributed by atoms with E-state index in [0.29, 0.717) is 6.42 Å². The van der Waals surface area contributed by atoms with Crippen molar-refractivity contribution in [1.29, 1.82) is 0 Å². The summed E-state index contributed by atoms with van der Waals surface area (Å²) < 4.78 is 0. The second kappa shape index (κ2) is 12.8. The van der Waals surface area contributed by atoms with Crippen LogP contribution in [0.1, 0.15) is 51.0 Å². The molecule has 0 atom stereocenters. The molecule has 0 aromatic heterocycles. The monoisotopic (exact) mass is 335 g/mol. The van der Waals surface area contributed by atoms with Gasteiger partial charge in [0.25, 0.3) is 0 Å². The summed E-state index contributed by atoms with van der Waals surface area (Å²) in [6.45, 7) is 3.83. The summed E-state index contributed by atoms with van der Waals surface area (Å²) in [6, 6.07) is 10.6. The summed E-state index contributed by atoms with van der Waals surface area (Å²) in [7, 11) is 0. The van der Waals surface area contributed by atoms with Crippen LogP contribution in [0.4, 0.5) is 0 Å². The molecule has 0 bridgehead atoms. The van der Waals surface area contributed by atoms with Crippen LogP contribution in [0.15, 0.2) is 30.3 Å². The van der Waals surface area contributed by atoms with Gasteiger partial charge in [0, 0.05) is 39.1 Å². The van der Waals surface area contributed by atoms with E-state index in [2.05, 4.69) is 35.6 Å². The number of carbonyl (C=O) groups excluding carboxylic acids is 1. The van der Waals surface area contributed by atoms with Gasteiger partial charge in [0.1, 0.15) is 0 Å². The van der Waals surface area contributed by atoms with Crippen LogP contribution in [0.3, 0.4) is 0 Å². The second-order valence-electron chi connectivity index (χ2n) is 4.58. The Kier molecular flexibility index (Phi) is 12.7. The summed E-state index contributed by atoms with van der Waals surface area (Å²) >= 11 is 0. The minimum atomic E-state index is 0. The van der Waals surface area contributed by atoms with Gasteiger partial charge in [-0.1, -0.05) is 50.1 Å². The largest absolute Gasteiger partial charge is 0.506 e. The molecule has 0 aliphatic carbocycles. The predicted octanol–water partition coefficient (Wildman–Crippen LogP) is 3.87. The van der Waals surface area contributed by atoms with Gasteiger partial charge in [-0.05, 0) is 24.8 Å². The molecule has 0 saturated heterocycles. The first-order chi connectivity index (χ1) is 8.83. The summed E-state index contributed by atoms with van der Waals surface area (Å²) in [4.78, 5) is 11.3. The van der Waals surface area contributed by atoms with Gasteiger partial charge in [-0.3, -0.25) is 4.79 Å². The van der Waals surface area contributed by atoms with Crippen molar-refractivity contribution in [1.82, 2.24) is 5.32 Å². The minimum Gasteiger partial charge on any atom is -0.506 e. The van der Waals surface area contributed by atoms with Gasteiger partial charge >= 0.3 is 0 Å². The first-order valence-electron chi connectivity index (χ1n) is 6.98. The van der Waals surface area contributed by atoms with E-state index in [9.17, 15) is 4.79 Å². The van der Waals surface area contributed by atoms with Gasteiger partial charge in [-0.2, -0.15) is 6.42 Å². The number of carbonyl (C=O) groups is 1. The van der Waals surface area contributed by atoms with E-state index < -0.39 is 0 Å². The zero-order chi connectivity index (χ0) is 13.1. The van der Waals surface area contributed by atoms with Gasteiger partial charge in [0.05, 0.1) is 0 Å². The van der Waals surface area contributed by atoms with Crippen molar-refractivity contribution in [3.63, 3.8) is 0 Å². The second-order valence-corrected chi connectivity index (χ2v) is 4.58. The average molecular weight is 335 g/mol. The SMILES string of the molecule is CC[CH-]NC(=O)CCCCCCc1ccccc1.[Y]. The van der Waals surface area contributed by atoms with Gasteiger partial charge in [0.2, 0.25) is 0 Å². The molecule has 2 nitrogen and oxygen atoms in total. The molecule has 3 heteroatoms. The minimum absolute atomic E-state index is 0. The molecule has 1 rings (SSSR count). The quantitative estimate of drug-likeness (QED) is 0.539. The number of aryl methyl sites for hydroxylation is 1. The van der Waals surface area contributed by atoms with Crippen LogP contribution in [0.5, 0.6) is 0 Å². The molecule has 0 unspecified atom stereocenters. The third kappa shape index (κ3) is 10.3. The topological polar surface area (TPSA) is 29.1 Å². The van der Waals surface area contributed by atoms with Gasteiger partial charge in [0.15, 0.2) is 5.91 Å². The van der Waals surface area contributed by atoms with Crippen molar-refractivity contribution >= 4 is 5.91 Å². The van der Waals surface area contributed by atoms with E-state index in [1.165, 1.54) is 18.4 Å². The molecule has 1 radical (unpaired) electrons. The third-order valence-electron chi connectivity index (χ3n) is 2.93. The molecule has 0 aliphatic heterocycles.